The van der Waals surface area contributed by atoms with Gasteiger partial charge in [0.05, 0.1) is 11.9 Å². The van der Waals surface area contributed by atoms with Gasteiger partial charge in [-0.25, -0.2) is 23.1 Å². The highest BCUT2D eigenvalue weighted by Gasteiger charge is 2.26. The molecule has 0 amide bonds. The van der Waals surface area contributed by atoms with Crippen LogP contribution in [-0.2, 0) is 16.6 Å². The van der Waals surface area contributed by atoms with Crippen LogP contribution in [0.1, 0.15) is 0 Å². The number of rotatable bonds is 3. The fourth-order valence-electron chi connectivity index (χ4n) is 3.71. The predicted molar refractivity (Wildman–Crippen MR) is 110 cm³/mol. The smallest absolute Gasteiger partial charge is 0.256 e. The van der Waals surface area contributed by atoms with Crippen molar-refractivity contribution in [2.24, 2.45) is 0 Å². The minimum absolute atomic E-state index is 0.222. The van der Waals surface area contributed by atoms with Crippen molar-refractivity contribution in [2.45, 2.75) is 11.6 Å². The Bertz CT molecular complexity index is 1150. The van der Waals surface area contributed by atoms with Gasteiger partial charge in [-0.1, -0.05) is 0 Å². The lowest BCUT2D eigenvalue weighted by Gasteiger charge is -2.33. The number of sulfonamides is 1. The summed E-state index contributed by atoms with van der Waals surface area (Å²) in [7, 11) is -1.36. The molecule has 5 heterocycles. The van der Waals surface area contributed by atoms with Crippen molar-refractivity contribution in [1.82, 2.24) is 29.1 Å². The van der Waals surface area contributed by atoms with Crippen molar-refractivity contribution in [3.8, 4) is 0 Å². The Balaban J connectivity index is 1.38. The van der Waals surface area contributed by atoms with Crippen LogP contribution in [-0.4, -0.2) is 72.6 Å². The first kappa shape index (κ1) is 18.3. The van der Waals surface area contributed by atoms with Gasteiger partial charge >= 0.3 is 0 Å². The number of pyridine rings is 1. The Kier molecular flexibility index (Phi) is 4.37. The molecular weight excluding hydrogens is 392 g/mol. The number of piperazine rings is 1. The van der Waals surface area contributed by atoms with E-state index < -0.39 is 10.0 Å². The van der Waals surface area contributed by atoms with Crippen LogP contribution in [0.4, 0.5) is 17.5 Å². The van der Waals surface area contributed by atoms with E-state index in [2.05, 4.69) is 41.8 Å². The zero-order valence-corrected chi connectivity index (χ0v) is 16.9. The average Bonchev–Trinajstić information content (AvgIpc) is 3.09. The van der Waals surface area contributed by atoms with Gasteiger partial charge in [0, 0.05) is 50.9 Å². The molecule has 2 aliphatic heterocycles. The van der Waals surface area contributed by atoms with Crippen molar-refractivity contribution in [3.63, 3.8) is 0 Å². The lowest BCUT2D eigenvalue weighted by molar-refractivity contribution is 0.313. The third-order valence-electron chi connectivity index (χ3n) is 5.36. The summed E-state index contributed by atoms with van der Waals surface area (Å²) in [4.78, 5) is 18.0. The first-order chi connectivity index (χ1) is 14.0. The molecule has 5 rings (SSSR count). The van der Waals surface area contributed by atoms with Crippen LogP contribution >= 0.6 is 0 Å². The molecule has 0 aliphatic carbocycles. The summed E-state index contributed by atoms with van der Waals surface area (Å²) in [6, 6.07) is 5.55. The summed E-state index contributed by atoms with van der Waals surface area (Å²) < 4.78 is 28.6. The predicted octanol–water partition coefficient (Wildman–Crippen LogP) is 0.614. The summed E-state index contributed by atoms with van der Waals surface area (Å²) in [6.45, 7) is 4.94. The van der Waals surface area contributed by atoms with E-state index in [1.165, 1.54) is 0 Å². The lowest BCUT2D eigenvalue weighted by atomic mass is 10.3. The standard InChI is InChI=1S/C18H22N8O2S/c1-24-6-8-25(9-7-24)14-2-3-15(19-12-14)22-18-20-11-13-10-16-26(17(13)23-18)5-4-21-29(16,27)28/h2-3,10-12,21H,4-9H2,1H3,(H,19,20,22,23). The fraction of sp³-hybridized carbons (Fsp3) is 0.389. The van der Waals surface area contributed by atoms with Gasteiger partial charge in [0.1, 0.15) is 11.5 Å². The van der Waals surface area contributed by atoms with Crippen molar-refractivity contribution < 1.29 is 8.42 Å². The van der Waals surface area contributed by atoms with E-state index in [0.717, 1.165) is 31.9 Å². The molecule has 29 heavy (non-hydrogen) atoms. The van der Waals surface area contributed by atoms with Crippen LogP contribution < -0.4 is 14.9 Å². The molecule has 0 bridgehead atoms. The van der Waals surface area contributed by atoms with Gasteiger partial charge in [0.15, 0.2) is 5.03 Å². The van der Waals surface area contributed by atoms with Gasteiger partial charge in [-0.05, 0) is 25.2 Å². The quantitative estimate of drug-likeness (QED) is 0.642. The highest BCUT2D eigenvalue weighted by Crippen LogP contribution is 2.25. The summed E-state index contributed by atoms with van der Waals surface area (Å²) in [5, 5.41) is 4.03. The number of nitrogens with zero attached hydrogens (tertiary/aromatic N) is 6. The molecule has 0 unspecified atom stereocenters. The number of anilines is 3. The minimum Gasteiger partial charge on any atom is -0.368 e. The fourth-order valence-corrected chi connectivity index (χ4v) is 4.96. The van der Waals surface area contributed by atoms with Crippen LogP contribution in [0.3, 0.4) is 0 Å². The number of hydrogen-bond donors (Lipinski definition) is 2. The normalized spacial score (nSPS) is 19.3. The molecule has 0 radical (unpaired) electrons. The number of hydrogen-bond acceptors (Lipinski definition) is 8. The Morgan fingerprint density at radius 2 is 1.90 bits per heavy atom. The molecule has 3 aromatic rings. The van der Waals surface area contributed by atoms with Gasteiger partial charge < -0.3 is 19.7 Å². The molecule has 1 fully saturated rings. The molecule has 11 heteroatoms. The van der Waals surface area contributed by atoms with E-state index in [1.807, 2.05) is 18.3 Å². The van der Waals surface area contributed by atoms with Crippen molar-refractivity contribution in [2.75, 3.05) is 50.0 Å². The summed E-state index contributed by atoms with van der Waals surface area (Å²) in [5.74, 6) is 1.02. The van der Waals surface area contributed by atoms with Crippen molar-refractivity contribution in [1.29, 1.82) is 0 Å². The van der Waals surface area contributed by atoms with Crippen LogP contribution in [0.25, 0.3) is 11.0 Å². The third kappa shape index (κ3) is 3.41. The van der Waals surface area contributed by atoms with E-state index in [-0.39, 0.29) is 5.03 Å². The molecule has 2 N–H and O–H groups in total. The number of likely N-dealkylation sites (N-methyl/N-ethyl adjacent to an activating group) is 1. The number of aromatic nitrogens is 4. The Morgan fingerprint density at radius 1 is 1.07 bits per heavy atom. The minimum atomic E-state index is -3.49. The van der Waals surface area contributed by atoms with Gasteiger partial charge in [-0.2, -0.15) is 4.98 Å². The molecule has 0 aromatic carbocycles. The van der Waals surface area contributed by atoms with Crippen LogP contribution in [0.2, 0.25) is 0 Å². The maximum Gasteiger partial charge on any atom is 0.256 e. The Hall–Kier alpha value is -2.76. The van der Waals surface area contributed by atoms with Gasteiger partial charge in [-0.15, -0.1) is 0 Å². The van der Waals surface area contributed by atoms with Crippen molar-refractivity contribution >= 4 is 38.5 Å². The van der Waals surface area contributed by atoms with Crippen LogP contribution in [0.5, 0.6) is 0 Å². The SMILES string of the molecule is CN1CCN(c2ccc(Nc3ncc4cc5n(c4n3)CCNS5(=O)=O)nc2)CC1. The van der Waals surface area contributed by atoms with E-state index in [4.69, 9.17) is 0 Å². The Labute approximate surface area is 168 Å². The second-order valence-corrected chi connectivity index (χ2v) is 9.04. The molecule has 0 saturated carbocycles. The van der Waals surface area contributed by atoms with Gasteiger partial charge in [-0.3, -0.25) is 0 Å². The molecule has 0 atom stereocenters. The van der Waals surface area contributed by atoms with Crippen molar-refractivity contribution in [3.05, 3.63) is 30.6 Å². The lowest BCUT2D eigenvalue weighted by Crippen LogP contribution is -2.44. The third-order valence-corrected chi connectivity index (χ3v) is 6.83. The van der Waals surface area contributed by atoms with Gasteiger partial charge in [0.25, 0.3) is 10.0 Å². The first-order valence-electron chi connectivity index (χ1n) is 9.52. The van der Waals surface area contributed by atoms with Crippen LogP contribution in [0.15, 0.2) is 35.6 Å². The van der Waals surface area contributed by atoms with E-state index in [1.54, 1.807) is 16.8 Å². The van der Waals surface area contributed by atoms with E-state index in [9.17, 15) is 8.42 Å². The van der Waals surface area contributed by atoms with Gasteiger partial charge in [0.2, 0.25) is 5.95 Å². The Morgan fingerprint density at radius 3 is 2.66 bits per heavy atom. The highest BCUT2D eigenvalue weighted by molar-refractivity contribution is 7.89. The average molecular weight is 414 g/mol. The molecule has 0 spiro atoms. The number of nitrogens with one attached hydrogen (secondary N) is 2. The molecule has 3 aromatic heterocycles. The summed E-state index contributed by atoms with van der Waals surface area (Å²) in [6.07, 6.45) is 3.48. The highest BCUT2D eigenvalue weighted by atomic mass is 32.2. The monoisotopic (exact) mass is 414 g/mol. The second-order valence-electron chi connectivity index (χ2n) is 7.32. The summed E-state index contributed by atoms with van der Waals surface area (Å²) in [5.41, 5.74) is 1.69. The van der Waals surface area contributed by atoms with Crippen LogP contribution in [0, 0.1) is 0 Å². The molecular formula is C18H22N8O2S. The maximum atomic E-state index is 12.2. The second kappa shape index (κ2) is 6.94. The zero-order chi connectivity index (χ0) is 20.0. The van der Waals surface area contributed by atoms with E-state index in [0.29, 0.717) is 35.9 Å². The molecule has 152 valence electrons. The zero-order valence-electron chi connectivity index (χ0n) is 16.0. The molecule has 10 nitrogen and oxygen atoms in total. The maximum absolute atomic E-state index is 12.2. The topological polar surface area (TPSA) is 108 Å². The largest absolute Gasteiger partial charge is 0.368 e. The molecule has 2 aliphatic rings. The van der Waals surface area contributed by atoms with E-state index >= 15 is 0 Å². The first-order valence-corrected chi connectivity index (χ1v) is 11.0. The summed E-state index contributed by atoms with van der Waals surface area (Å²) >= 11 is 0. The molecule has 1 saturated heterocycles. The number of fused-ring (bicyclic) bond motifs is 3.